The molecule has 4 rings (SSSR count). The monoisotopic (exact) mass is 435 g/mol. The van der Waals surface area contributed by atoms with Crippen LogP contribution in [0.5, 0.6) is 0 Å². The topological polar surface area (TPSA) is 70.6 Å². The number of carbonyl (C=O) groups excluding carboxylic acids is 1. The van der Waals surface area contributed by atoms with Gasteiger partial charge in [0.1, 0.15) is 11.7 Å². The summed E-state index contributed by atoms with van der Waals surface area (Å²) < 4.78 is 45.3. The lowest BCUT2D eigenvalue weighted by Crippen LogP contribution is -2.50. The molecular formula is C21H24F3N5O2. The Balaban J connectivity index is 1.36. The van der Waals surface area contributed by atoms with Crippen LogP contribution in [0.3, 0.4) is 0 Å². The molecule has 0 spiro atoms. The molecule has 0 radical (unpaired) electrons. The van der Waals surface area contributed by atoms with Gasteiger partial charge in [0.05, 0.1) is 18.4 Å². The maximum absolute atomic E-state index is 13.3. The molecule has 1 atom stereocenters. The highest BCUT2D eigenvalue weighted by Crippen LogP contribution is 2.36. The molecule has 1 fully saturated rings. The Bertz CT molecular complexity index is 1010. The number of aryl methyl sites for hydroxylation is 1. The van der Waals surface area contributed by atoms with E-state index in [1.54, 1.807) is 11.9 Å². The first kappa shape index (κ1) is 21.4. The third-order valence-corrected chi connectivity index (χ3v) is 5.94. The molecule has 0 unspecified atom stereocenters. The average Bonchev–Trinajstić information content (AvgIpc) is 2.69. The van der Waals surface area contributed by atoms with Crippen molar-refractivity contribution < 1.29 is 22.7 Å². The molecular weight excluding hydrogens is 411 g/mol. The number of anilines is 3. The largest absolute Gasteiger partial charge is 0.373 e. The van der Waals surface area contributed by atoms with E-state index in [9.17, 15) is 18.0 Å². The molecule has 2 aliphatic rings. The first-order valence-electron chi connectivity index (χ1n) is 10.1. The number of nitrogens with one attached hydrogen (secondary N) is 1. The number of fused-ring (bicyclic) bond motifs is 1. The molecule has 1 saturated carbocycles. The van der Waals surface area contributed by atoms with E-state index in [0.29, 0.717) is 36.0 Å². The van der Waals surface area contributed by atoms with E-state index < -0.39 is 17.5 Å². The molecule has 1 aliphatic carbocycles. The first-order valence-corrected chi connectivity index (χ1v) is 10.1. The average molecular weight is 435 g/mol. The predicted molar refractivity (Wildman–Crippen MR) is 110 cm³/mol. The summed E-state index contributed by atoms with van der Waals surface area (Å²) in [7, 11) is 3.56. The van der Waals surface area contributed by atoms with Crippen LogP contribution >= 0.6 is 0 Å². The quantitative estimate of drug-likeness (QED) is 0.728. The fourth-order valence-electron chi connectivity index (χ4n) is 3.90. The van der Waals surface area contributed by atoms with E-state index in [1.165, 1.54) is 0 Å². The summed E-state index contributed by atoms with van der Waals surface area (Å²) in [5.41, 5.74) is 1.65. The Hall–Kier alpha value is -2.88. The Morgan fingerprint density at radius 3 is 2.45 bits per heavy atom. The highest BCUT2D eigenvalue weighted by molar-refractivity contribution is 6.04. The van der Waals surface area contributed by atoms with Gasteiger partial charge in [-0.15, -0.1) is 0 Å². The second-order valence-corrected chi connectivity index (χ2v) is 8.11. The van der Waals surface area contributed by atoms with E-state index >= 15 is 0 Å². The third kappa shape index (κ3) is 3.91. The van der Waals surface area contributed by atoms with Gasteiger partial charge < -0.3 is 19.9 Å². The van der Waals surface area contributed by atoms with Gasteiger partial charge in [-0.05, 0) is 44.4 Å². The molecule has 2 heterocycles. The Kier molecular flexibility index (Phi) is 5.50. The van der Waals surface area contributed by atoms with Crippen LogP contribution in [-0.2, 0) is 16.1 Å². The standard InChI is InChI=1S/C21H24F3N5O2/c1-10-18-19(28(3)11(2)20(30)29(18)4)27-21(25-10)26-13-7-14(8-13)31-9-12-5-15(22)17(24)16(23)6-12/h5-6,11,13-14H,7-9H2,1-4H3,(H,25,26,27)/t11-,13?,14?/m0/s1. The van der Waals surface area contributed by atoms with Crippen molar-refractivity contribution >= 4 is 23.4 Å². The van der Waals surface area contributed by atoms with Crippen molar-refractivity contribution in [1.82, 2.24) is 9.97 Å². The number of likely N-dealkylation sites (N-methyl/N-ethyl adjacent to an activating group) is 2. The molecule has 1 aromatic carbocycles. The van der Waals surface area contributed by atoms with Gasteiger partial charge in [-0.25, -0.2) is 18.2 Å². The van der Waals surface area contributed by atoms with Crippen LogP contribution in [0.2, 0.25) is 0 Å². The molecule has 1 aliphatic heterocycles. The van der Waals surface area contributed by atoms with E-state index in [2.05, 4.69) is 15.3 Å². The summed E-state index contributed by atoms with van der Waals surface area (Å²) in [4.78, 5) is 24.9. The zero-order chi connectivity index (χ0) is 22.4. The molecule has 166 valence electrons. The van der Waals surface area contributed by atoms with Crippen molar-refractivity contribution in [1.29, 1.82) is 0 Å². The second kappa shape index (κ2) is 7.99. The van der Waals surface area contributed by atoms with Crippen LogP contribution in [0.15, 0.2) is 12.1 Å². The molecule has 0 bridgehead atoms. The predicted octanol–water partition coefficient (Wildman–Crippen LogP) is 3.16. The van der Waals surface area contributed by atoms with E-state index in [-0.39, 0.29) is 36.3 Å². The van der Waals surface area contributed by atoms with Gasteiger partial charge in [0.25, 0.3) is 0 Å². The molecule has 1 N–H and O–H groups in total. The van der Waals surface area contributed by atoms with E-state index in [4.69, 9.17) is 4.74 Å². The first-order chi connectivity index (χ1) is 14.7. The van der Waals surface area contributed by atoms with Gasteiger partial charge in [-0.3, -0.25) is 4.79 Å². The van der Waals surface area contributed by atoms with Crippen molar-refractivity contribution in [3.8, 4) is 0 Å². The number of hydrogen-bond acceptors (Lipinski definition) is 6. The number of nitrogens with zero attached hydrogens (tertiary/aromatic N) is 4. The van der Waals surface area contributed by atoms with Gasteiger partial charge in [0.15, 0.2) is 23.3 Å². The van der Waals surface area contributed by atoms with Crippen molar-refractivity contribution in [2.75, 3.05) is 29.2 Å². The molecule has 31 heavy (non-hydrogen) atoms. The Morgan fingerprint density at radius 1 is 1.16 bits per heavy atom. The normalized spacial score (nSPS) is 22.9. The fraction of sp³-hybridized carbons (Fsp3) is 0.476. The van der Waals surface area contributed by atoms with Gasteiger partial charge in [-0.1, -0.05) is 0 Å². The fourth-order valence-corrected chi connectivity index (χ4v) is 3.90. The summed E-state index contributed by atoms with van der Waals surface area (Å²) >= 11 is 0. The number of rotatable bonds is 5. The van der Waals surface area contributed by atoms with Crippen molar-refractivity contribution in [3.05, 3.63) is 40.8 Å². The van der Waals surface area contributed by atoms with Crippen LogP contribution in [0, 0.1) is 24.4 Å². The van der Waals surface area contributed by atoms with Gasteiger partial charge >= 0.3 is 0 Å². The van der Waals surface area contributed by atoms with Crippen LogP contribution in [0.1, 0.15) is 31.0 Å². The lowest BCUT2D eigenvalue weighted by molar-refractivity contribution is -0.119. The second-order valence-electron chi connectivity index (χ2n) is 8.11. The van der Waals surface area contributed by atoms with Crippen LogP contribution in [0.4, 0.5) is 30.6 Å². The lowest BCUT2D eigenvalue weighted by Gasteiger charge is -2.38. The molecule has 1 aromatic heterocycles. The minimum Gasteiger partial charge on any atom is -0.373 e. The number of aromatic nitrogens is 2. The molecule has 2 aromatic rings. The molecule has 0 saturated heterocycles. The number of halogens is 3. The van der Waals surface area contributed by atoms with Gasteiger partial charge in [0.2, 0.25) is 11.9 Å². The number of benzene rings is 1. The molecule has 10 heteroatoms. The SMILES string of the molecule is Cc1nc(NC2CC(OCc3cc(F)c(F)c(F)c3)C2)nc2c1N(C)C(=O)[C@H](C)N2C. The Morgan fingerprint density at radius 2 is 1.81 bits per heavy atom. The Labute approximate surface area is 178 Å². The summed E-state index contributed by atoms with van der Waals surface area (Å²) in [5, 5.41) is 3.28. The summed E-state index contributed by atoms with van der Waals surface area (Å²) in [5.74, 6) is -2.77. The smallest absolute Gasteiger partial charge is 0.249 e. The summed E-state index contributed by atoms with van der Waals surface area (Å²) in [6.45, 7) is 3.68. The molecule has 7 nitrogen and oxygen atoms in total. The summed E-state index contributed by atoms with van der Waals surface area (Å²) in [6, 6.07) is 1.66. The van der Waals surface area contributed by atoms with Crippen molar-refractivity contribution in [2.45, 2.75) is 51.5 Å². The number of hydrogen-bond donors (Lipinski definition) is 1. The van der Waals surface area contributed by atoms with Crippen molar-refractivity contribution in [3.63, 3.8) is 0 Å². The number of amides is 1. The number of carbonyl (C=O) groups is 1. The van der Waals surface area contributed by atoms with Gasteiger partial charge in [0, 0.05) is 20.1 Å². The van der Waals surface area contributed by atoms with Crippen LogP contribution in [0.25, 0.3) is 0 Å². The third-order valence-electron chi connectivity index (χ3n) is 5.94. The van der Waals surface area contributed by atoms with Crippen LogP contribution < -0.4 is 15.1 Å². The lowest BCUT2D eigenvalue weighted by atomic mass is 9.89. The number of ether oxygens (including phenoxy) is 1. The summed E-state index contributed by atoms with van der Waals surface area (Å²) in [6.07, 6.45) is 1.27. The van der Waals surface area contributed by atoms with E-state index in [0.717, 1.165) is 12.1 Å². The maximum Gasteiger partial charge on any atom is 0.249 e. The minimum absolute atomic E-state index is 0.00298. The van der Waals surface area contributed by atoms with E-state index in [1.807, 2.05) is 25.8 Å². The van der Waals surface area contributed by atoms with Crippen molar-refractivity contribution in [2.24, 2.45) is 0 Å². The zero-order valence-corrected chi connectivity index (χ0v) is 17.7. The molecule has 1 amide bonds. The van der Waals surface area contributed by atoms with Crippen LogP contribution in [-0.4, -0.2) is 48.2 Å². The maximum atomic E-state index is 13.3. The van der Waals surface area contributed by atoms with Gasteiger partial charge in [-0.2, -0.15) is 4.98 Å². The minimum atomic E-state index is -1.48. The highest BCUT2D eigenvalue weighted by atomic mass is 19.2. The zero-order valence-electron chi connectivity index (χ0n) is 17.7. The highest BCUT2D eigenvalue weighted by Gasteiger charge is 2.36.